The van der Waals surface area contributed by atoms with E-state index in [1.807, 2.05) is 24.3 Å². The number of hydrogen-bond acceptors (Lipinski definition) is 7. The van der Waals surface area contributed by atoms with Crippen LogP contribution in [0.15, 0.2) is 36.4 Å². The number of nitrogen functional groups attached to an aromatic ring is 1. The van der Waals surface area contributed by atoms with Crippen LogP contribution in [-0.2, 0) is 22.6 Å². The number of ether oxygens (including phenoxy) is 1. The molecule has 0 unspecified atom stereocenters. The number of anilines is 3. The third-order valence-corrected chi connectivity index (χ3v) is 4.25. The maximum absolute atomic E-state index is 11.9. The van der Waals surface area contributed by atoms with E-state index in [1.54, 1.807) is 0 Å². The molecule has 1 aliphatic carbocycles. The smallest absolute Gasteiger partial charge is 0.306 e. The fraction of sp³-hybridized carbons (Fsp3) is 0.368. The Morgan fingerprint density at radius 2 is 2.15 bits per heavy atom. The molecule has 0 radical (unpaired) electrons. The molecule has 0 saturated carbocycles. The zero-order chi connectivity index (χ0) is 18.4. The monoisotopic (exact) mass is 353 g/mol. The zero-order valence-corrected chi connectivity index (χ0v) is 14.8. The van der Waals surface area contributed by atoms with Gasteiger partial charge >= 0.3 is 5.97 Å². The summed E-state index contributed by atoms with van der Waals surface area (Å²) < 4.78 is 5.29. The van der Waals surface area contributed by atoms with Crippen LogP contribution in [0.25, 0.3) is 0 Å². The van der Waals surface area contributed by atoms with Gasteiger partial charge in [-0.2, -0.15) is 15.0 Å². The number of benzene rings is 1. The number of nitrogens with one attached hydrogen (secondary N) is 1. The summed E-state index contributed by atoms with van der Waals surface area (Å²) in [4.78, 5) is 24.4. The van der Waals surface area contributed by atoms with E-state index in [-0.39, 0.29) is 24.4 Å². The Balaban J connectivity index is 1.63. The first-order valence-corrected chi connectivity index (χ1v) is 8.81. The van der Waals surface area contributed by atoms with Crippen LogP contribution in [0.5, 0.6) is 0 Å². The summed E-state index contributed by atoms with van der Waals surface area (Å²) in [6, 6.07) is 7.91. The van der Waals surface area contributed by atoms with E-state index in [0.29, 0.717) is 18.2 Å². The summed E-state index contributed by atoms with van der Waals surface area (Å²) in [7, 11) is 0. The molecule has 26 heavy (non-hydrogen) atoms. The van der Waals surface area contributed by atoms with Crippen LogP contribution in [0.4, 0.5) is 17.6 Å². The topological polar surface area (TPSA) is 103 Å². The molecule has 1 aromatic carbocycles. The van der Waals surface area contributed by atoms with Gasteiger partial charge in [0, 0.05) is 5.69 Å². The lowest BCUT2D eigenvalue weighted by Crippen LogP contribution is -2.13. The fourth-order valence-electron chi connectivity index (χ4n) is 2.91. The number of rotatable bonds is 7. The first-order chi connectivity index (χ1) is 12.6. The third-order valence-electron chi connectivity index (χ3n) is 4.25. The maximum Gasteiger partial charge on any atom is 0.306 e. The number of nitrogens with two attached hydrogens (primary N) is 1. The minimum Gasteiger partial charge on any atom is -0.457 e. The second kappa shape index (κ2) is 8.42. The second-order valence-corrected chi connectivity index (χ2v) is 6.20. The molecule has 136 valence electrons. The summed E-state index contributed by atoms with van der Waals surface area (Å²) in [5.74, 6) is 0.758. The Labute approximate surface area is 152 Å². The molecule has 1 aromatic heterocycles. The van der Waals surface area contributed by atoms with Crippen molar-refractivity contribution in [2.45, 2.75) is 39.2 Å². The highest BCUT2D eigenvalue weighted by Gasteiger charge is 2.16. The molecule has 0 spiro atoms. The van der Waals surface area contributed by atoms with Gasteiger partial charge in [-0.3, -0.25) is 4.79 Å². The number of para-hydroxylation sites is 1. The van der Waals surface area contributed by atoms with Gasteiger partial charge in [-0.25, -0.2) is 0 Å². The molecule has 3 N–H and O–H groups in total. The lowest BCUT2D eigenvalue weighted by Gasteiger charge is -2.11. The maximum atomic E-state index is 11.9. The summed E-state index contributed by atoms with van der Waals surface area (Å²) >= 11 is 0. The highest BCUT2D eigenvalue weighted by atomic mass is 16.5. The van der Waals surface area contributed by atoms with Crippen molar-refractivity contribution < 1.29 is 9.53 Å². The lowest BCUT2D eigenvalue weighted by molar-refractivity contribution is -0.145. The lowest BCUT2D eigenvalue weighted by atomic mass is 10.1. The van der Waals surface area contributed by atoms with Gasteiger partial charge in [-0.15, -0.1) is 0 Å². The van der Waals surface area contributed by atoms with E-state index in [0.717, 1.165) is 30.5 Å². The van der Waals surface area contributed by atoms with Crippen molar-refractivity contribution in [2.75, 3.05) is 11.1 Å². The molecule has 7 heteroatoms. The molecule has 7 nitrogen and oxygen atoms in total. The number of nitrogens with zero attached hydrogens (tertiary/aromatic N) is 3. The van der Waals surface area contributed by atoms with Crippen LogP contribution in [0.3, 0.4) is 0 Å². The van der Waals surface area contributed by atoms with E-state index in [2.05, 4.69) is 39.3 Å². The molecule has 0 bridgehead atoms. The standard InChI is InChI=1S/C19H23N5O2/c1-2-14-9-5-6-10-15(14)21-19-23-16(22-18(20)24-19)12-26-17(25)11-13-7-3-4-8-13/h3,5-7,9-10,13H,2,4,8,11-12H2,1H3,(H3,20,21,22,23,24)/t13-/m0/s1. The van der Waals surface area contributed by atoms with E-state index in [1.165, 1.54) is 0 Å². The van der Waals surface area contributed by atoms with Crippen molar-refractivity contribution in [1.82, 2.24) is 15.0 Å². The Kier molecular flexibility index (Phi) is 5.78. The third kappa shape index (κ3) is 4.78. The van der Waals surface area contributed by atoms with Crippen LogP contribution >= 0.6 is 0 Å². The van der Waals surface area contributed by atoms with Gasteiger partial charge < -0.3 is 15.8 Å². The van der Waals surface area contributed by atoms with E-state index in [9.17, 15) is 4.79 Å². The number of hydrogen-bond donors (Lipinski definition) is 2. The minimum absolute atomic E-state index is 0.0217. The second-order valence-electron chi connectivity index (χ2n) is 6.20. The van der Waals surface area contributed by atoms with Gasteiger partial charge in [-0.1, -0.05) is 37.3 Å². The molecule has 2 aromatic rings. The summed E-state index contributed by atoms with van der Waals surface area (Å²) in [5.41, 5.74) is 7.83. The number of aryl methyl sites for hydroxylation is 1. The van der Waals surface area contributed by atoms with Gasteiger partial charge in [0.25, 0.3) is 0 Å². The van der Waals surface area contributed by atoms with Crippen molar-refractivity contribution in [3.63, 3.8) is 0 Å². The quantitative estimate of drug-likeness (QED) is 0.582. The number of aromatic nitrogens is 3. The Hall–Kier alpha value is -2.96. The van der Waals surface area contributed by atoms with Gasteiger partial charge in [0.2, 0.25) is 11.9 Å². The van der Waals surface area contributed by atoms with Gasteiger partial charge in [0.05, 0.1) is 6.42 Å². The van der Waals surface area contributed by atoms with Crippen molar-refractivity contribution in [2.24, 2.45) is 5.92 Å². The van der Waals surface area contributed by atoms with Gasteiger partial charge in [-0.05, 0) is 36.8 Å². The van der Waals surface area contributed by atoms with Crippen LogP contribution in [0, 0.1) is 5.92 Å². The molecule has 0 saturated heterocycles. The van der Waals surface area contributed by atoms with Crippen LogP contribution in [0.2, 0.25) is 0 Å². The Morgan fingerprint density at radius 1 is 1.31 bits per heavy atom. The molecule has 1 atom stereocenters. The molecular formula is C19H23N5O2. The number of carbonyl (C=O) groups excluding carboxylic acids is 1. The van der Waals surface area contributed by atoms with Crippen molar-refractivity contribution in [3.05, 3.63) is 47.8 Å². The molecule has 0 fully saturated rings. The molecule has 1 heterocycles. The highest BCUT2D eigenvalue weighted by molar-refractivity contribution is 5.70. The molecule has 0 aliphatic heterocycles. The zero-order valence-electron chi connectivity index (χ0n) is 14.8. The molecular weight excluding hydrogens is 330 g/mol. The van der Waals surface area contributed by atoms with E-state index >= 15 is 0 Å². The average molecular weight is 353 g/mol. The summed E-state index contributed by atoms with van der Waals surface area (Å²) in [6.45, 7) is 2.05. The number of carbonyl (C=O) groups is 1. The van der Waals surface area contributed by atoms with E-state index < -0.39 is 0 Å². The fourth-order valence-corrected chi connectivity index (χ4v) is 2.91. The highest BCUT2D eigenvalue weighted by Crippen LogP contribution is 2.21. The SMILES string of the molecule is CCc1ccccc1Nc1nc(N)nc(COC(=O)C[C@H]2C=CCC2)n1. The van der Waals surface area contributed by atoms with Crippen molar-refractivity contribution in [3.8, 4) is 0 Å². The largest absolute Gasteiger partial charge is 0.457 e. The number of esters is 1. The van der Waals surface area contributed by atoms with Crippen molar-refractivity contribution >= 4 is 23.6 Å². The first-order valence-electron chi connectivity index (χ1n) is 8.81. The Bertz CT molecular complexity index is 806. The normalized spacial score (nSPS) is 15.8. The predicted molar refractivity (Wildman–Crippen MR) is 99.6 cm³/mol. The van der Waals surface area contributed by atoms with Crippen molar-refractivity contribution in [1.29, 1.82) is 0 Å². The predicted octanol–water partition coefficient (Wildman–Crippen LogP) is 3.16. The average Bonchev–Trinajstić information content (AvgIpc) is 3.13. The molecule has 3 rings (SSSR count). The number of allylic oxidation sites excluding steroid dienone is 2. The molecule has 0 amide bonds. The van der Waals surface area contributed by atoms with E-state index in [4.69, 9.17) is 10.5 Å². The van der Waals surface area contributed by atoms with Crippen LogP contribution in [0.1, 0.15) is 37.6 Å². The first kappa shape index (κ1) is 17.8. The molecule has 1 aliphatic rings. The Morgan fingerprint density at radius 3 is 2.92 bits per heavy atom. The van der Waals surface area contributed by atoms with Crippen LogP contribution in [-0.4, -0.2) is 20.9 Å². The van der Waals surface area contributed by atoms with Gasteiger partial charge in [0.1, 0.15) is 0 Å². The summed E-state index contributed by atoms with van der Waals surface area (Å²) in [5, 5.41) is 3.16. The van der Waals surface area contributed by atoms with Crippen LogP contribution < -0.4 is 11.1 Å². The minimum atomic E-state index is -0.258. The summed E-state index contributed by atoms with van der Waals surface area (Å²) in [6.07, 6.45) is 7.44. The van der Waals surface area contributed by atoms with Gasteiger partial charge in [0.15, 0.2) is 12.4 Å².